The van der Waals surface area contributed by atoms with E-state index in [0.717, 1.165) is 0 Å². The van der Waals surface area contributed by atoms with Gasteiger partial charge in [0.05, 0.1) is 18.6 Å². The van der Waals surface area contributed by atoms with Gasteiger partial charge in [0.2, 0.25) is 0 Å². The van der Waals surface area contributed by atoms with Crippen molar-refractivity contribution in [2.75, 3.05) is 13.7 Å². The third-order valence-electron chi connectivity index (χ3n) is 2.63. The Balaban J connectivity index is 3.16. The van der Waals surface area contributed by atoms with E-state index in [4.69, 9.17) is 4.74 Å². The van der Waals surface area contributed by atoms with Crippen molar-refractivity contribution in [3.63, 3.8) is 0 Å². The molecule has 0 spiro atoms. The number of ether oxygens (including phenoxy) is 2. The lowest BCUT2D eigenvalue weighted by molar-refractivity contribution is -0.385. The zero-order valence-electron chi connectivity index (χ0n) is 11.9. The molecule has 0 aliphatic rings. The molecule has 8 nitrogen and oxygen atoms in total. The molecule has 0 aromatic heterocycles. The normalized spacial score (nSPS) is 11.4. The van der Waals surface area contributed by atoms with E-state index >= 15 is 0 Å². The topological polar surface area (TPSA) is 108 Å². The molecule has 8 heteroatoms. The van der Waals surface area contributed by atoms with Gasteiger partial charge in [-0.1, -0.05) is 6.07 Å². The molecule has 0 aliphatic carbocycles. The first-order valence-electron chi connectivity index (χ1n) is 6.21. The molecule has 21 heavy (non-hydrogen) atoms. The lowest BCUT2D eigenvalue weighted by Crippen LogP contribution is -2.39. The molecule has 0 aliphatic heterocycles. The number of esters is 1. The maximum Gasteiger partial charge on any atom is 0.328 e. The SMILES string of the molecule is CCOc1cccc([N+](=O)[O-])c1C(=O)N[C@H](C)C(=O)OC. The molecular formula is C13H16N2O6. The highest BCUT2D eigenvalue weighted by atomic mass is 16.6. The first-order valence-corrected chi connectivity index (χ1v) is 6.21. The summed E-state index contributed by atoms with van der Waals surface area (Å²) in [5.74, 6) is -1.34. The predicted molar refractivity (Wildman–Crippen MR) is 73.2 cm³/mol. The van der Waals surface area contributed by atoms with Gasteiger partial charge in [0.15, 0.2) is 5.56 Å². The summed E-state index contributed by atoms with van der Waals surface area (Å²) in [6.07, 6.45) is 0. The van der Waals surface area contributed by atoms with Crippen LogP contribution in [0, 0.1) is 10.1 Å². The quantitative estimate of drug-likeness (QED) is 0.481. The fraction of sp³-hybridized carbons (Fsp3) is 0.385. The highest BCUT2D eigenvalue weighted by Crippen LogP contribution is 2.28. The van der Waals surface area contributed by atoms with Crippen molar-refractivity contribution < 1.29 is 24.0 Å². The number of nitro groups is 1. The Bertz CT molecular complexity index is 558. The molecule has 0 unspecified atom stereocenters. The van der Waals surface area contributed by atoms with E-state index in [1.54, 1.807) is 6.92 Å². The first kappa shape index (κ1) is 16.4. The number of amides is 1. The fourth-order valence-electron chi connectivity index (χ4n) is 1.68. The van der Waals surface area contributed by atoms with Gasteiger partial charge in [-0.2, -0.15) is 0 Å². The minimum atomic E-state index is -0.934. The molecule has 0 fully saturated rings. The Hall–Kier alpha value is -2.64. The Kier molecular flexibility index (Phi) is 5.65. The van der Waals surface area contributed by atoms with Gasteiger partial charge < -0.3 is 14.8 Å². The average molecular weight is 296 g/mol. The van der Waals surface area contributed by atoms with Crippen LogP contribution in [0.15, 0.2) is 18.2 Å². The summed E-state index contributed by atoms with van der Waals surface area (Å²) in [4.78, 5) is 33.9. The zero-order valence-corrected chi connectivity index (χ0v) is 11.9. The monoisotopic (exact) mass is 296 g/mol. The van der Waals surface area contributed by atoms with Crippen molar-refractivity contribution in [2.24, 2.45) is 0 Å². The second-order valence-electron chi connectivity index (χ2n) is 4.06. The Morgan fingerprint density at radius 1 is 1.43 bits per heavy atom. The summed E-state index contributed by atoms with van der Waals surface area (Å²) >= 11 is 0. The highest BCUT2D eigenvalue weighted by molar-refractivity contribution is 6.02. The molecule has 0 heterocycles. The van der Waals surface area contributed by atoms with Crippen molar-refractivity contribution >= 4 is 17.6 Å². The molecule has 0 saturated carbocycles. The van der Waals surface area contributed by atoms with Crippen LogP contribution in [-0.4, -0.2) is 36.6 Å². The van der Waals surface area contributed by atoms with Crippen LogP contribution in [0.4, 0.5) is 5.69 Å². The average Bonchev–Trinajstić information content (AvgIpc) is 2.46. The maximum atomic E-state index is 12.2. The molecular weight excluding hydrogens is 280 g/mol. The van der Waals surface area contributed by atoms with Crippen LogP contribution in [0.2, 0.25) is 0 Å². The number of nitrogens with one attached hydrogen (secondary N) is 1. The van der Waals surface area contributed by atoms with E-state index in [9.17, 15) is 19.7 Å². The summed E-state index contributed by atoms with van der Waals surface area (Å²) in [6.45, 7) is 3.35. The third-order valence-corrected chi connectivity index (χ3v) is 2.63. The minimum Gasteiger partial charge on any atom is -0.493 e. The lowest BCUT2D eigenvalue weighted by Gasteiger charge is -2.14. The molecule has 0 saturated heterocycles. The van der Waals surface area contributed by atoms with Gasteiger partial charge in [-0.3, -0.25) is 14.9 Å². The van der Waals surface area contributed by atoms with E-state index in [0.29, 0.717) is 0 Å². The van der Waals surface area contributed by atoms with Gasteiger partial charge in [0.1, 0.15) is 11.8 Å². The molecule has 1 amide bonds. The number of carbonyl (C=O) groups is 2. The Labute approximate surface area is 121 Å². The number of nitrogens with zero attached hydrogens (tertiary/aromatic N) is 1. The van der Waals surface area contributed by atoms with Crippen molar-refractivity contribution in [3.05, 3.63) is 33.9 Å². The lowest BCUT2D eigenvalue weighted by atomic mass is 10.1. The minimum absolute atomic E-state index is 0.0845. The Morgan fingerprint density at radius 3 is 2.62 bits per heavy atom. The van der Waals surface area contributed by atoms with Gasteiger partial charge in [0.25, 0.3) is 11.6 Å². The Morgan fingerprint density at radius 2 is 2.10 bits per heavy atom. The summed E-state index contributed by atoms with van der Waals surface area (Å²) in [5.41, 5.74) is -0.615. The molecule has 1 aromatic rings. The second-order valence-corrected chi connectivity index (χ2v) is 4.06. The predicted octanol–water partition coefficient (Wildman–Crippen LogP) is 1.28. The molecule has 1 aromatic carbocycles. The van der Waals surface area contributed by atoms with Crippen LogP contribution >= 0.6 is 0 Å². The molecule has 0 radical (unpaired) electrons. The van der Waals surface area contributed by atoms with Crippen LogP contribution in [0.25, 0.3) is 0 Å². The second kappa shape index (κ2) is 7.22. The van der Waals surface area contributed by atoms with Crippen LogP contribution < -0.4 is 10.1 Å². The molecule has 1 N–H and O–H groups in total. The van der Waals surface area contributed by atoms with Crippen LogP contribution in [0.5, 0.6) is 5.75 Å². The number of carbonyl (C=O) groups excluding carboxylic acids is 2. The first-order chi connectivity index (χ1) is 9.92. The zero-order chi connectivity index (χ0) is 16.0. The molecule has 114 valence electrons. The number of rotatable bonds is 6. The van der Waals surface area contributed by atoms with Crippen LogP contribution in [0.1, 0.15) is 24.2 Å². The smallest absolute Gasteiger partial charge is 0.328 e. The van der Waals surface area contributed by atoms with Crippen molar-refractivity contribution in [2.45, 2.75) is 19.9 Å². The van der Waals surface area contributed by atoms with E-state index < -0.39 is 28.5 Å². The van der Waals surface area contributed by atoms with Crippen LogP contribution in [-0.2, 0) is 9.53 Å². The molecule has 1 atom stereocenters. The van der Waals surface area contributed by atoms with E-state index in [1.807, 2.05) is 0 Å². The van der Waals surface area contributed by atoms with Crippen LogP contribution in [0.3, 0.4) is 0 Å². The standard InChI is InChI=1S/C13H16N2O6/c1-4-21-10-7-5-6-9(15(18)19)11(10)12(16)14-8(2)13(17)20-3/h5-8H,4H2,1-3H3,(H,14,16)/t8-/m1/s1. The molecule has 1 rings (SSSR count). The van der Waals surface area contributed by atoms with E-state index in [1.165, 1.54) is 32.2 Å². The van der Waals surface area contributed by atoms with Crippen molar-refractivity contribution in [3.8, 4) is 5.75 Å². The third kappa shape index (κ3) is 3.91. The summed E-state index contributed by atoms with van der Waals surface area (Å²) < 4.78 is 9.72. The van der Waals surface area contributed by atoms with Crippen molar-refractivity contribution in [1.29, 1.82) is 0 Å². The molecule has 0 bridgehead atoms. The van der Waals surface area contributed by atoms with Gasteiger partial charge >= 0.3 is 5.97 Å². The number of methoxy groups -OCH3 is 1. The number of nitro benzene ring substituents is 1. The van der Waals surface area contributed by atoms with Gasteiger partial charge in [-0.15, -0.1) is 0 Å². The van der Waals surface area contributed by atoms with E-state index in [2.05, 4.69) is 10.1 Å². The van der Waals surface area contributed by atoms with E-state index in [-0.39, 0.29) is 17.9 Å². The highest BCUT2D eigenvalue weighted by Gasteiger charge is 2.27. The largest absolute Gasteiger partial charge is 0.493 e. The number of benzene rings is 1. The summed E-state index contributed by atoms with van der Waals surface area (Å²) in [7, 11) is 1.18. The summed E-state index contributed by atoms with van der Waals surface area (Å²) in [6, 6.07) is 3.13. The van der Waals surface area contributed by atoms with Gasteiger partial charge in [-0.05, 0) is 19.9 Å². The maximum absolute atomic E-state index is 12.2. The summed E-state index contributed by atoms with van der Waals surface area (Å²) in [5, 5.41) is 13.4. The van der Waals surface area contributed by atoms with Crippen molar-refractivity contribution in [1.82, 2.24) is 5.32 Å². The van der Waals surface area contributed by atoms with Gasteiger partial charge in [-0.25, -0.2) is 4.79 Å². The number of hydrogen-bond acceptors (Lipinski definition) is 6. The van der Waals surface area contributed by atoms with Gasteiger partial charge in [0, 0.05) is 6.07 Å². The fourth-order valence-corrected chi connectivity index (χ4v) is 1.68. The number of hydrogen-bond donors (Lipinski definition) is 1.